The number of hydrogen-bond donors (Lipinski definition) is 2. The van der Waals surface area contributed by atoms with Crippen molar-refractivity contribution >= 4 is 11.9 Å². The number of rotatable bonds is 6. The van der Waals surface area contributed by atoms with Crippen molar-refractivity contribution in [3.63, 3.8) is 0 Å². The van der Waals surface area contributed by atoms with Crippen molar-refractivity contribution in [2.24, 2.45) is 11.8 Å². The molecule has 0 aliphatic heterocycles. The second kappa shape index (κ2) is 5.56. The summed E-state index contributed by atoms with van der Waals surface area (Å²) in [4.78, 5) is 20.8. The van der Waals surface area contributed by atoms with Crippen LogP contribution in [-0.2, 0) is 9.59 Å². The first-order valence-electron chi connectivity index (χ1n) is 4.39. The molecule has 4 heteroatoms. The van der Waals surface area contributed by atoms with E-state index >= 15 is 0 Å². The van der Waals surface area contributed by atoms with Crippen molar-refractivity contribution in [3.8, 4) is 0 Å². The molecule has 0 radical (unpaired) electrons. The highest BCUT2D eigenvalue weighted by atomic mass is 16.4. The van der Waals surface area contributed by atoms with E-state index in [1.807, 2.05) is 13.8 Å². The summed E-state index contributed by atoms with van der Waals surface area (Å²) in [5.74, 6) is -2.06. The second-order valence-electron chi connectivity index (χ2n) is 3.47. The van der Waals surface area contributed by atoms with Crippen molar-refractivity contribution in [1.29, 1.82) is 0 Å². The molecule has 0 bridgehead atoms. The Morgan fingerprint density at radius 3 is 2.08 bits per heavy atom. The van der Waals surface area contributed by atoms with E-state index in [9.17, 15) is 9.59 Å². The zero-order valence-electron chi connectivity index (χ0n) is 7.99. The van der Waals surface area contributed by atoms with Crippen LogP contribution in [0.1, 0.15) is 33.1 Å². The fourth-order valence-electron chi connectivity index (χ4n) is 1.22. The minimum Gasteiger partial charge on any atom is -0.481 e. The van der Waals surface area contributed by atoms with Crippen LogP contribution in [0, 0.1) is 11.8 Å². The zero-order valence-corrected chi connectivity index (χ0v) is 7.99. The highest BCUT2D eigenvalue weighted by molar-refractivity contribution is 5.70. The lowest BCUT2D eigenvalue weighted by Gasteiger charge is -2.14. The van der Waals surface area contributed by atoms with Crippen molar-refractivity contribution in [2.45, 2.75) is 33.1 Å². The second-order valence-corrected chi connectivity index (χ2v) is 3.47. The Bertz CT molecular complexity index is 186. The van der Waals surface area contributed by atoms with Crippen LogP contribution in [0.25, 0.3) is 0 Å². The minimum atomic E-state index is -0.868. The van der Waals surface area contributed by atoms with Crippen molar-refractivity contribution in [1.82, 2.24) is 0 Å². The molecular formula is C9H16O4. The van der Waals surface area contributed by atoms with Crippen LogP contribution < -0.4 is 0 Å². The normalized spacial score (nSPS) is 12.8. The van der Waals surface area contributed by atoms with Gasteiger partial charge in [-0.25, -0.2) is 0 Å². The van der Waals surface area contributed by atoms with Gasteiger partial charge in [-0.3, -0.25) is 9.59 Å². The maximum absolute atomic E-state index is 10.7. The Hall–Kier alpha value is -1.06. The smallest absolute Gasteiger partial charge is 0.306 e. The molecule has 0 amide bonds. The maximum Gasteiger partial charge on any atom is 0.306 e. The molecule has 0 fully saturated rings. The summed E-state index contributed by atoms with van der Waals surface area (Å²) in [5, 5.41) is 17.1. The summed E-state index contributed by atoms with van der Waals surface area (Å²) < 4.78 is 0. The van der Waals surface area contributed by atoms with Gasteiger partial charge in [0.25, 0.3) is 0 Å². The number of carboxylic acid groups (broad SMARTS) is 2. The summed E-state index contributed by atoms with van der Waals surface area (Å²) in [6.45, 7) is 3.67. The molecule has 0 spiro atoms. The predicted molar refractivity (Wildman–Crippen MR) is 47.5 cm³/mol. The maximum atomic E-state index is 10.7. The lowest BCUT2D eigenvalue weighted by molar-refractivity contribution is -0.144. The number of hydrogen-bond acceptors (Lipinski definition) is 2. The number of carbonyl (C=O) groups is 2. The van der Waals surface area contributed by atoms with Gasteiger partial charge >= 0.3 is 11.9 Å². The fraction of sp³-hybridized carbons (Fsp3) is 0.778. The molecule has 4 nitrogen and oxygen atoms in total. The molecule has 0 aromatic heterocycles. The van der Waals surface area contributed by atoms with Crippen LogP contribution in [0.3, 0.4) is 0 Å². The van der Waals surface area contributed by atoms with Gasteiger partial charge in [0.15, 0.2) is 0 Å². The lowest BCUT2D eigenvalue weighted by Crippen LogP contribution is -2.19. The van der Waals surface area contributed by atoms with E-state index in [1.54, 1.807) is 0 Å². The van der Waals surface area contributed by atoms with Gasteiger partial charge in [0.05, 0.1) is 5.92 Å². The molecule has 1 unspecified atom stereocenters. The van der Waals surface area contributed by atoms with Crippen LogP contribution in [0.5, 0.6) is 0 Å². The molecular weight excluding hydrogens is 172 g/mol. The average molecular weight is 188 g/mol. The lowest BCUT2D eigenvalue weighted by atomic mass is 9.91. The molecule has 13 heavy (non-hydrogen) atoms. The third-order valence-electron chi connectivity index (χ3n) is 2.03. The van der Waals surface area contributed by atoms with E-state index in [4.69, 9.17) is 10.2 Å². The SMILES string of the molecule is CC(C)C(CCCC(=O)O)C(=O)O. The number of carboxylic acids is 2. The fourth-order valence-corrected chi connectivity index (χ4v) is 1.22. The van der Waals surface area contributed by atoms with Gasteiger partial charge in [-0.1, -0.05) is 13.8 Å². The van der Waals surface area contributed by atoms with Gasteiger partial charge in [0.2, 0.25) is 0 Å². The molecule has 0 saturated heterocycles. The van der Waals surface area contributed by atoms with E-state index in [1.165, 1.54) is 0 Å². The monoisotopic (exact) mass is 188 g/mol. The largest absolute Gasteiger partial charge is 0.481 e. The van der Waals surface area contributed by atoms with Gasteiger partial charge < -0.3 is 10.2 Å². The highest BCUT2D eigenvalue weighted by Crippen LogP contribution is 2.18. The molecule has 0 rings (SSSR count). The van der Waals surface area contributed by atoms with Crippen LogP contribution in [0.2, 0.25) is 0 Å². The van der Waals surface area contributed by atoms with Gasteiger partial charge in [0.1, 0.15) is 0 Å². The molecule has 0 aromatic carbocycles. The minimum absolute atomic E-state index is 0.0521. The molecule has 0 aliphatic rings. The van der Waals surface area contributed by atoms with Crippen LogP contribution in [0.15, 0.2) is 0 Å². The van der Waals surface area contributed by atoms with Crippen molar-refractivity contribution in [3.05, 3.63) is 0 Å². The molecule has 0 aliphatic carbocycles. The molecule has 2 N–H and O–H groups in total. The van der Waals surface area contributed by atoms with E-state index in [-0.39, 0.29) is 12.3 Å². The summed E-state index contributed by atoms with van der Waals surface area (Å²) in [5.41, 5.74) is 0. The Kier molecular flexibility index (Phi) is 5.11. The zero-order chi connectivity index (χ0) is 10.4. The first-order valence-corrected chi connectivity index (χ1v) is 4.39. The van der Waals surface area contributed by atoms with Crippen LogP contribution in [-0.4, -0.2) is 22.2 Å². The summed E-state index contributed by atoms with van der Waals surface area (Å²) in [6, 6.07) is 0. The highest BCUT2D eigenvalue weighted by Gasteiger charge is 2.20. The van der Waals surface area contributed by atoms with Gasteiger partial charge in [0, 0.05) is 6.42 Å². The Morgan fingerprint density at radius 1 is 1.23 bits per heavy atom. The van der Waals surface area contributed by atoms with Crippen molar-refractivity contribution in [2.75, 3.05) is 0 Å². The Morgan fingerprint density at radius 2 is 1.77 bits per heavy atom. The molecule has 0 saturated carbocycles. The number of aliphatic carboxylic acids is 2. The third-order valence-corrected chi connectivity index (χ3v) is 2.03. The van der Waals surface area contributed by atoms with E-state index in [0.29, 0.717) is 12.8 Å². The topological polar surface area (TPSA) is 74.6 Å². The van der Waals surface area contributed by atoms with E-state index < -0.39 is 17.9 Å². The predicted octanol–water partition coefficient (Wildman–Crippen LogP) is 1.60. The van der Waals surface area contributed by atoms with Gasteiger partial charge in [-0.05, 0) is 18.8 Å². The first kappa shape index (κ1) is 11.9. The Labute approximate surface area is 77.6 Å². The Balaban J connectivity index is 3.84. The quantitative estimate of drug-likeness (QED) is 0.663. The van der Waals surface area contributed by atoms with Crippen molar-refractivity contribution < 1.29 is 19.8 Å². The van der Waals surface area contributed by atoms with E-state index in [2.05, 4.69) is 0 Å². The van der Waals surface area contributed by atoms with Gasteiger partial charge in [-0.15, -0.1) is 0 Å². The third kappa shape index (κ3) is 5.22. The average Bonchev–Trinajstić information content (AvgIpc) is 1.95. The first-order chi connectivity index (χ1) is 5.95. The summed E-state index contributed by atoms with van der Waals surface area (Å²) in [6.07, 6.45) is 0.931. The summed E-state index contributed by atoms with van der Waals surface area (Å²) in [7, 11) is 0. The molecule has 1 atom stereocenters. The van der Waals surface area contributed by atoms with E-state index in [0.717, 1.165) is 0 Å². The van der Waals surface area contributed by atoms with Crippen LogP contribution >= 0.6 is 0 Å². The molecule has 76 valence electrons. The van der Waals surface area contributed by atoms with Crippen LogP contribution in [0.4, 0.5) is 0 Å². The molecule has 0 aromatic rings. The standard InChI is InChI=1S/C9H16O4/c1-6(2)7(9(12)13)4-3-5-8(10)11/h6-7H,3-5H2,1-2H3,(H,10,11)(H,12,13). The summed E-state index contributed by atoms with van der Waals surface area (Å²) >= 11 is 0. The molecule has 0 heterocycles. The van der Waals surface area contributed by atoms with Gasteiger partial charge in [-0.2, -0.15) is 0 Å².